The first-order valence-corrected chi connectivity index (χ1v) is 6.71. The zero-order chi connectivity index (χ0) is 14.7. The Balaban J connectivity index is 1.80. The fraction of sp³-hybridized carbons (Fsp3) is 0.0588. The molecule has 2 heterocycles. The van der Waals surface area contributed by atoms with Crippen molar-refractivity contribution in [3.8, 4) is 11.3 Å². The molecule has 0 saturated carbocycles. The van der Waals surface area contributed by atoms with E-state index in [2.05, 4.69) is 15.3 Å². The van der Waals surface area contributed by atoms with E-state index in [4.69, 9.17) is 0 Å². The van der Waals surface area contributed by atoms with Gasteiger partial charge in [-0.1, -0.05) is 36.4 Å². The molecule has 4 heteroatoms. The van der Waals surface area contributed by atoms with Crippen LogP contribution in [0.2, 0.25) is 0 Å². The van der Waals surface area contributed by atoms with Crippen LogP contribution in [0, 0.1) is 6.92 Å². The van der Waals surface area contributed by atoms with Gasteiger partial charge in [0.15, 0.2) is 0 Å². The van der Waals surface area contributed by atoms with Crippen molar-refractivity contribution in [2.24, 2.45) is 0 Å². The lowest BCUT2D eigenvalue weighted by molar-refractivity contribution is 0.102. The molecule has 0 aliphatic rings. The van der Waals surface area contributed by atoms with Crippen LogP contribution in [-0.2, 0) is 0 Å². The van der Waals surface area contributed by atoms with Gasteiger partial charge in [0.1, 0.15) is 11.5 Å². The number of anilines is 1. The molecular weight excluding hydrogens is 262 g/mol. The number of nitrogens with one attached hydrogen (secondary N) is 2. The third-order valence-corrected chi connectivity index (χ3v) is 3.26. The average molecular weight is 277 g/mol. The van der Waals surface area contributed by atoms with Crippen LogP contribution < -0.4 is 5.32 Å². The summed E-state index contributed by atoms with van der Waals surface area (Å²) in [5.74, 6) is 0.386. The highest BCUT2D eigenvalue weighted by atomic mass is 16.1. The molecule has 2 N–H and O–H groups in total. The second kappa shape index (κ2) is 5.63. The van der Waals surface area contributed by atoms with Crippen LogP contribution in [0.1, 0.15) is 16.1 Å². The Bertz CT molecular complexity index is 762. The number of pyridine rings is 1. The van der Waals surface area contributed by atoms with E-state index in [9.17, 15) is 4.79 Å². The third kappa shape index (κ3) is 2.84. The van der Waals surface area contributed by atoms with E-state index < -0.39 is 0 Å². The van der Waals surface area contributed by atoms with Crippen LogP contribution in [0.15, 0.2) is 60.8 Å². The number of hydrogen-bond acceptors (Lipinski definition) is 2. The van der Waals surface area contributed by atoms with Crippen molar-refractivity contribution in [1.82, 2.24) is 9.97 Å². The molecule has 0 saturated heterocycles. The first-order chi connectivity index (χ1) is 10.2. The molecular formula is C17H15N3O. The van der Waals surface area contributed by atoms with Gasteiger partial charge in [-0.3, -0.25) is 4.79 Å². The molecule has 2 aromatic heterocycles. The predicted octanol–water partition coefficient (Wildman–Crippen LogP) is 3.64. The smallest absolute Gasteiger partial charge is 0.273 e. The van der Waals surface area contributed by atoms with Gasteiger partial charge in [-0.15, -0.1) is 0 Å². The first kappa shape index (κ1) is 13.1. The van der Waals surface area contributed by atoms with Crippen molar-refractivity contribution < 1.29 is 4.79 Å². The Hall–Kier alpha value is -2.88. The summed E-state index contributed by atoms with van der Waals surface area (Å²) in [5, 5.41) is 2.81. The standard InChI is InChI=1S/C17H15N3O/c1-12-6-5-11-18-16(12)20-17(21)15-10-9-14(19-15)13-7-3-2-4-8-13/h2-11,19H,1H3,(H,18,20,21). The number of H-pyrrole nitrogens is 1. The van der Waals surface area contributed by atoms with Gasteiger partial charge in [-0.2, -0.15) is 0 Å². The van der Waals surface area contributed by atoms with Gasteiger partial charge in [0.05, 0.1) is 0 Å². The maximum atomic E-state index is 12.2. The summed E-state index contributed by atoms with van der Waals surface area (Å²) in [6, 6.07) is 17.3. The number of carbonyl (C=O) groups is 1. The molecule has 3 aromatic rings. The van der Waals surface area contributed by atoms with Crippen molar-refractivity contribution in [3.63, 3.8) is 0 Å². The highest BCUT2D eigenvalue weighted by Crippen LogP contribution is 2.18. The van der Waals surface area contributed by atoms with Crippen LogP contribution in [0.4, 0.5) is 5.82 Å². The second-order valence-electron chi connectivity index (χ2n) is 4.77. The number of benzene rings is 1. The van der Waals surface area contributed by atoms with Crippen LogP contribution in [-0.4, -0.2) is 15.9 Å². The predicted molar refractivity (Wildman–Crippen MR) is 83.2 cm³/mol. The summed E-state index contributed by atoms with van der Waals surface area (Å²) in [6.45, 7) is 1.91. The second-order valence-corrected chi connectivity index (χ2v) is 4.77. The zero-order valence-electron chi connectivity index (χ0n) is 11.6. The molecule has 0 atom stereocenters. The van der Waals surface area contributed by atoms with E-state index in [0.29, 0.717) is 11.5 Å². The minimum atomic E-state index is -0.195. The molecule has 0 aliphatic heterocycles. The Morgan fingerprint density at radius 2 is 1.86 bits per heavy atom. The summed E-state index contributed by atoms with van der Waals surface area (Å²) in [7, 11) is 0. The molecule has 21 heavy (non-hydrogen) atoms. The van der Waals surface area contributed by atoms with Crippen LogP contribution >= 0.6 is 0 Å². The highest BCUT2D eigenvalue weighted by Gasteiger charge is 2.11. The number of amides is 1. The lowest BCUT2D eigenvalue weighted by Crippen LogP contribution is -2.14. The van der Waals surface area contributed by atoms with Crippen molar-refractivity contribution in [2.45, 2.75) is 6.92 Å². The maximum Gasteiger partial charge on any atom is 0.273 e. The maximum absolute atomic E-state index is 12.2. The quantitative estimate of drug-likeness (QED) is 0.768. The van der Waals surface area contributed by atoms with E-state index >= 15 is 0 Å². The van der Waals surface area contributed by atoms with Gasteiger partial charge < -0.3 is 10.3 Å². The van der Waals surface area contributed by atoms with Crippen LogP contribution in [0.5, 0.6) is 0 Å². The molecule has 3 rings (SSSR count). The van der Waals surface area contributed by atoms with Crippen LogP contribution in [0.25, 0.3) is 11.3 Å². The van der Waals surface area contributed by atoms with Gasteiger partial charge >= 0.3 is 0 Å². The van der Waals surface area contributed by atoms with E-state index in [1.165, 1.54) is 0 Å². The third-order valence-electron chi connectivity index (χ3n) is 3.26. The Morgan fingerprint density at radius 1 is 1.05 bits per heavy atom. The Morgan fingerprint density at radius 3 is 2.62 bits per heavy atom. The molecule has 104 valence electrons. The molecule has 4 nitrogen and oxygen atoms in total. The Labute approximate surface area is 122 Å². The number of aromatic nitrogens is 2. The van der Waals surface area contributed by atoms with Gasteiger partial charge in [-0.05, 0) is 36.2 Å². The molecule has 0 unspecified atom stereocenters. The summed E-state index contributed by atoms with van der Waals surface area (Å²) in [4.78, 5) is 19.5. The minimum Gasteiger partial charge on any atom is -0.351 e. The van der Waals surface area contributed by atoms with Crippen molar-refractivity contribution in [3.05, 3.63) is 72.1 Å². The van der Waals surface area contributed by atoms with E-state index in [1.807, 2.05) is 55.5 Å². The van der Waals surface area contributed by atoms with E-state index in [0.717, 1.165) is 16.8 Å². The van der Waals surface area contributed by atoms with Crippen molar-refractivity contribution in [2.75, 3.05) is 5.32 Å². The van der Waals surface area contributed by atoms with Gasteiger partial charge in [0.2, 0.25) is 0 Å². The number of nitrogens with zero attached hydrogens (tertiary/aromatic N) is 1. The lowest BCUT2D eigenvalue weighted by atomic mass is 10.2. The summed E-state index contributed by atoms with van der Waals surface area (Å²) in [6.07, 6.45) is 1.66. The van der Waals surface area contributed by atoms with Crippen molar-refractivity contribution in [1.29, 1.82) is 0 Å². The molecule has 0 radical (unpaired) electrons. The van der Waals surface area contributed by atoms with Gasteiger partial charge in [0, 0.05) is 11.9 Å². The molecule has 1 aromatic carbocycles. The number of carbonyl (C=O) groups excluding carboxylic acids is 1. The molecule has 0 bridgehead atoms. The van der Waals surface area contributed by atoms with Crippen molar-refractivity contribution >= 4 is 11.7 Å². The summed E-state index contributed by atoms with van der Waals surface area (Å²) >= 11 is 0. The fourth-order valence-electron chi connectivity index (χ4n) is 2.11. The fourth-order valence-corrected chi connectivity index (χ4v) is 2.11. The Kier molecular flexibility index (Phi) is 3.51. The number of hydrogen-bond donors (Lipinski definition) is 2. The molecule has 0 aliphatic carbocycles. The topological polar surface area (TPSA) is 57.8 Å². The minimum absolute atomic E-state index is 0.195. The average Bonchev–Trinajstić information content (AvgIpc) is 3.00. The summed E-state index contributed by atoms with van der Waals surface area (Å²) < 4.78 is 0. The van der Waals surface area contributed by atoms with Crippen LogP contribution in [0.3, 0.4) is 0 Å². The highest BCUT2D eigenvalue weighted by molar-refractivity contribution is 6.03. The molecule has 1 amide bonds. The number of aromatic amines is 1. The first-order valence-electron chi connectivity index (χ1n) is 6.71. The van der Waals surface area contributed by atoms with E-state index in [-0.39, 0.29) is 5.91 Å². The number of rotatable bonds is 3. The monoisotopic (exact) mass is 277 g/mol. The normalized spacial score (nSPS) is 10.3. The van der Waals surface area contributed by atoms with E-state index in [1.54, 1.807) is 12.3 Å². The lowest BCUT2D eigenvalue weighted by Gasteiger charge is -2.05. The zero-order valence-corrected chi connectivity index (χ0v) is 11.6. The largest absolute Gasteiger partial charge is 0.351 e. The SMILES string of the molecule is Cc1cccnc1NC(=O)c1ccc(-c2ccccc2)[nH]1. The number of aryl methyl sites for hydroxylation is 1. The molecule has 0 spiro atoms. The van der Waals surface area contributed by atoms with Gasteiger partial charge in [-0.25, -0.2) is 4.98 Å². The summed E-state index contributed by atoms with van der Waals surface area (Å²) in [5.41, 5.74) is 3.41. The van der Waals surface area contributed by atoms with Gasteiger partial charge in [0.25, 0.3) is 5.91 Å². The molecule has 0 fully saturated rings.